The van der Waals surface area contributed by atoms with Crippen molar-refractivity contribution >= 4 is 11.4 Å². The zero-order valence-corrected chi connectivity index (χ0v) is 9.12. The number of allylic oxidation sites excluding steroid dienone is 2. The molecule has 0 aliphatic carbocycles. The molecule has 78 valence electrons. The number of carbonyl (C=O) groups excluding carboxylic acids is 1. The highest BCUT2D eigenvalue weighted by molar-refractivity contribution is 5.94. The smallest absolute Gasteiger partial charge is 0.158 e. The zero-order valence-electron chi connectivity index (χ0n) is 9.12. The fourth-order valence-corrected chi connectivity index (χ4v) is 1.30. The summed E-state index contributed by atoms with van der Waals surface area (Å²) in [6.45, 7) is 9.34. The topological polar surface area (TPSA) is 17.1 Å². The van der Waals surface area contributed by atoms with Crippen molar-refractivity contribution in [1.82, 2.24) is 0 Å². The zero-order chi connectivity index (χ0) is 11.3. The molecule has 0 saturated carbocycles. The van der Waals surface area contributed by atoms with Crippen LogP contribution >= 0.6 is 0 Å². The molecule has 0 radical (unpaired) electrons. The van der Waals surface area contributed by atoms with E-state index in [4.69, 9.17) is 0 Å². The quantitative estimate of drug-likeness (QED) is 0.663. The third kappa shape index (κ3) is 3.55. The lowest BCUT2D eigenvalue weighted by molar-refractivity contribution is -0.115. The Morgan fingerprint density at radius 1 is 1.13 bits per heavy atom. The van der Waals surface area contributed by atoms with Gasteiger partial charge in [0, 0.05) is 6.42 Å². The summed E-state index contributed by atoms with van der Waals surface area (Å²) < 4.78 is 0. The number of benzene rings is 1. The molecule has 0 unspecified atom stereocenters. The summed E-state index contributed by atoms with van der Waals surface area (Å²) in [5.74, 6) is 0.118. The Labute approximate surface area is 91.1 Å². The van der Waals surface area contributed by atoms with Crippen molar-refractivity contribution in [3.63, 3.8) is 0 Å². The maximum absolute atomic E-state index is 11.3. The average Bonchev–Trinajstić information content (AvgIpc) is 2.26. The van der Waals surface area contributed by atoms with E-state index in [9.17, 15) is 4.79 Å². The maximum atomic E-state index is 11.3. The molecular weight excluding hydrogens is 184 g/mol. The standard InChI is InChI=1S/C14H16O/c1-11(2)14(15)10-9-12(3)13-7-5-4-6-8-13/h4-8H,1,3,9-10H2,2H3. The van der Waals surface area contributed by atoms with Crippen LogP contribution in [0.5, 0.6) is 0 Å². The highest BCUT2D eigenvalue weighted by Gasteiger charge is 2.04. The second kappa shape index (κ2) is 5.30. The van der Waals surface area contributed by atoms with Crippen molar-refractivity contribution < 1.29 is 4.79 Å². The maximum Gasteiger partial charge on any atom is 0.158 e. The van der Waals surface area contributed by atoms with E-state index in [1.54, 1.807) is 6.92 Å². The van der Waals surface area contributed by atoms with E-state index in [0.29, 0.717) is 18.4 Å². The second-order valence-corrected chi connectivity index (χ2v) is 3.67. The van der Waals surface area contributed by atoms with Gasteiger partial charge in [-0.15, -0.1) is 0 Å². The monoisotopic (exact) mass is 200 g/mol. The van der Waals surface area contributed by atoms with E-state index >= 15 is 0 Å². The molecule has 0 aliphatic heterocycles. The SMILES string of the molecule is C=C(C)C(=O)CCC(=C)c1ccccc1. The summed E-state index contributed by atoms with van der Waals surface area (Å²) in [7, 11) is 0. The van der Waals surface area contributed by atoms with Gasteiger partial charge in [0.2, 0.25) is 0 Å². The summed E-state index contributed by atoms with van der Waals surface area (Å²) in [6.07, 6.45) is 1.21. The van der Waals surface area contributed by atoms with Gasteiger partial charge < -0.3 is 0 Å². The molecule has 1 heteroatoms. The average molecular weight is 200 g/mol. The third-order valence-corrected chi connectivity index (χ3v) is 2.31. The fourth-order valence-electron chi connectivity index (χ4n) is 1.30. The first-order chi connectivity index (χ1) is 7.11. The van der Waals surface area contributed by atoms with Crippen LogP contribution in [-0.2, 0) is 4.79 Å². The molecule has 1 aromatic carbocycles. The second-order valence-electron chi connectivity index (χ2n) is 3.67. The van der Waals surface area contributed by atoms with Crippen LogP contribution in [0, 0.1) is 0 Å². The number of ketones is 1. The molecule has 0 bridgehead atoms. The molecule has 0 saturated heterocycles. The summed E-state index contributed by atoms with van der Waals surface area (Å²) in [5, 5.41) is 0. The molecular formula is C14H16O. The van der Waals surface area contributed by atoms with E-state index in [0.717, 1.165) is 11.1 Å². The Morgan fingerprint density at radius 2 is 1.73 bits per heavy atom. The number of Topliss-reactive ketones (excluding diaryl/α,β-unsaturated/α-hetero) is 1. The number of carbonyl (C=O) groups is 1. The van der Waals surface area contributed by atoms with Gasteiger partial charge in [0.15, 0.2) is 5.78 Å². The van der Waals surface area contributed by atoms with Gasteiger partial charge in [0.25, 0.3) is 0 Å². The summed E-state index contributed by atoms with van der Waals surface area (Å²) in [6, 6.07) is 9.93. The van der Waals surface area contributed by atoms with E-state index in [-0.39, 0.29) is 5.78 Å². The van der Waals surface area contributed by atoms with Crippen LogP contribution in [-0.4, -0.2) is 5.78 Å². The first kappa shape index (κ1) is 11.4. The van der Waals surface area contributed by atoms with Crippen LogP contribution in [0.15, 0.2) is 49.1 Å². The van der Waals surface area contributed by atoms with Gasteiger partial charge >= 0.3 is 0 Å². The van der Waals surface area contributed by atoms with Gasteiger partial charge in [-0.05, 0) is 30.1 Å². The van der Waals surface area contributed by atoms with Gasteiger partial charge in [0.05, 0.1) is 0 Å². The molecule has 0 heterocycles. The van der Waals surface area contributed by atoms with Gasteiger partial charge in [-0.2, -0.15) is 0 Å². The van der Waals surface area contributed by atoms with E-state index in [1.165, 1.54) is 0 Å². The molecule has 1 aromatic rings. The highest BCUT2D eigenvalue weighted by atomic mass is 16.1. The normalized spacial score (nSPS) is 9.67. The number of hydrogen-bond donors (Lipinski definition) is 0. The van der Waals surface area contributed by atoms with Crippen LogP contribution in [0.2, 0.25) is 0 Å². The number of hydrogen-bond acceptors (Lipinski definition) is 1. The Hall–Kier alpha value is -1.63. The van der Waals surface area contributed by atoms with Crippen LogP contribution in [0.4, 0.5) is 0 Å². The molecule has 0 atom stereocenters. The molecule has 0 fully saturated rings. The lowest BCUT2D eigenvalue weighted by Crippen LogP contribution is -1.98. The number of rotatable bonds is 5. The molecule has 1 rings (SSSR count). The minimum Gasteiger partial charge on any atom is -0.295 e. The summed E-state index contributed by atoms with van der Waals surface area (Å²) >= 11 is 0. The largest absolute Gasteiger partial charge is 0.295 e. The molecule has 15 heavy (non-hydrogen) atoms. The Bertz CT molecular complexity index is 374. The minimum absolute atomic E-state index is 0.118. The predicted molar refractivity (Wildman–Crippen MR) is 64.5 cm³/mol. The lowest BCUT2D eigenvalue weighted by Gasteiger charge is -2.04. The van der Waals surface area contributed by atoms with E-state index in [1.807, 2.05) is 30.3 Å². The molecule has 0 N–H and O–H groups in total. The van der Waals surface area contributed by atoms with Gasteiger partial charge in [-0.3, -0.25) is 4.79 Å². The molecule has 0 aromatic heterocycles. The Kier molecular flexibility index (Phi) is 4.04. The lowest BCUT2D eigenvalue weighted by atomic mass is 10.00. The molecule has 0 aliphatic rings. The van der Waals surface area contributed by atoms with Gasteiger partial charge in [-0.25, -0.2) is 0 Å². The minimum atomic E-state index is 0.118. The predicted octanol–water partition coefficient (Wildman–Crippen LogP) is 3.63. The van der Waals surface area contributed by atoms with E-state index in [2.05, 4.69) is 13.2 Å². The van der Waals surface area contributed by atoms with Crippen LogP contribution in [0.25, 0.3) is 5.57 Å². The van der Waals surface area contributed by atoms with Crippen molar-refractivity contribution in [2.24, 2.45) is 0 Å². The van der Waals surface area contributed by atoms with Crippen molar-refractivity contribution in [3.05, 3.63) is 54.6 Å². The fraction of sp³-hybridized carbons (Fsp3) is 0.214. The van der Waals surface area contributed by atoms with Crippen LogP contribution < -0.4 is 0 Å². The van der Waals surface area contributed by atoms with Crippen molar-refractivity contribution in [3.8, 4) is 0 Å². The Morgan fingerprint density at radius 3 is 2.27 bits per heavy atom. The van der Waals surface area contributed by atoms with Crippen molar-refractivity contribution in [2.75, 3.05) is 0 Å². The van der Waals surface area contributed by atoms with Crippen LogP contribution in [0.1, 0.15) is 25.3 Å². The molecule has 0 spiro atoms. The summed E-state index contributed by atoms with van der Waals surface area (Å²) in [4.78, 5) is 11.3. The molecule has 1 nitrogen and oxygen atoms in total. The summed E-state index contributed by atoms with van der Waals surface area (Å²) in [5.41, 5.74) is 2.73. The third-order valence-electron chi connectivity index (χ3n) is 2.31. The molecule has 0 amide bonds. The van der Waals surface area contributed by atoms with Gasteiger partial charge in [0.1, 0.15) is 0 Å². The van der Waals surface area contributed by atoms with Crippen molar-refractivity contribution in [2.45, 2.75) is 19.8 Å². The van der Waals surface area contributed by atoms with Crippen LogP contribution in [0.3, 0.4) is 0 Å². The first-order valence-electron chi connectivity index (χ1n) is 5.03. The Balaban J connectivity index is 2.51. The first-order valence-corrected chi connectivity index (χ1v) is 5.03. The van der Waals surface area contributed by atoms with E-state index < -0.39 is 0 Å². The van der Waals surface area contributed by atoms with Crippen molar-refractivity contribution in [1.29, 1.82) is 0 Å². The van der Waals surface area contributed by atoms with Gasteiger partial charge in [-0.1, -0.05) is 43.5 Å². The highest BCUT2D eigenvalue weighted by Crippen LogP contribution is 2.18.